The molecule has 0 atom stereocenters. The molecular formula is C15H18N2. The van der Waals surface area contributed by atoms with Gasteiger partial charge in [-0.2, -0.15) is 5.26 Å². The first-order chi connectivity index (χ1) is 8.04. The number of hydrogen-bond donors (Lipinski definition) is 0. The van der Waals surface area contributed by atoms with Crippen LogP contribution in [-0.4, -0.2) is 5.71 Å². The van der Waals surface area contributed by atoms with Gasteiger partial charge in [0.1, 0.15) is 0 Å². The largest absolute Gasteiger partial charge is 0.265 e. The monoisotopic (exact) mass is 226 g/mol. The number of aliphatic imine (C=N–C) groups is 1. The smallest absolute Gasteiger partial charge is 0.0991 e. The third-order valence-corrected chi connectivity index (χ3v) is 2.77. The Kier molecular flexibility index (Phi) is 4.66. The van der Waals surface area contributed by atoms with Gasteiger partial charge in [0.05, 0.1) is 11.6 Å². The maximum atomic E-state index is 8.72. The van der Waals surface area contributed by atoms with Crippen molar-refractivity contribution in [2.75, 3.05) is 0 Å². The lowest BCUT2D eigenvalue weighted by Gasteiger charge is -2.03. The third kappa shape index (κ3) is 3.88. The highest BCUT2D eigenvalue weighted by Gasteiger charge is 1.98. The quantitative estimate of drug-likeness (QED) is 0.716. The molecule has 0 radical (unpaired) electrons. The molecule has 1 aromatic carbocycles. The Balaban J connectivity index is 2.89. The van der Waals surface area contributed by atoms with Crippen molar-refractivity contribution >= 4 is 11.3 Å². The molecule has 2 nitrogen and oxygen atoms in total. The van der Waals surface area contributed by atoms with Crippen LogP contribution < -0.4 is 0 Å². The van der Waals surface area contributed by atoms with Gasteiger partial charge in [-0.15, -0.1) is 0 Å². The number of allylic oxidation sites excluding steroid dienone is 1. The highest BCUT2D eigenvalue weighted by atomic mass is 14.7. The minimum atomic E-state index is 0.472. The summed E-state index contributed by atoms with van der Waals surface area (Å²) in [7, 11) is 0. The number of rotatable bonds is 3. The molecule has 0 aliphatic rings. The topological polar surface area (TPSA) is 36.1 Å². The molecule has 0 saturated heterocycles. The van der Waals surface area contributed by atoms with Gasteiger partial charge in [0.25, 0.3) is 0 Å². The van der Waals surface area contributed by atoms with Crippen LogP contribution in [0.25, 0.3) is 5.57 Å². The average molecular weight is 226 g/mol. The van der Waals surface area contributed by atoms with Crippen LogP contribution >= 0.6 is 0 Å². The fourth-order valence-electron chi connectivity index (χ4n) is 1.23. The van der Waals surface area contributed by atoms with Crippen LogP contribution in [0.1, 0.15) is 38.8 Å². The van der Waals surface area contributed by atoms with Gasteiger partial charge in [0.15, 0.2) is 0 Å². The maximum Gasteiger partial charge on any atom is 0.0991 e. The van der Waals surface area contributed by atoms with Gasteiger partial charge in [-0.25, -0.2) is 0 Å². The lowest BCUT2D eigenvalue weighted by molar-refractivity contribution is 0.878. The Morgan fingerprint density at radius 2 is 1.82 bits per heavy atom. The Hall–Kier alpha value is -1.88. The number of nitrogens with zero attached hydrogens (tertiary/aromatic N) is 2. The van der Waals surface area contributed by atoms with Crippen LogP contribution in [0, 0.1) is 17.2 Å². The molecule has 0 spiro atoms. The SMILES string of the molecule is CC(=N/C=C(\C)c1ccc(C#N)cc1)C(C)C. The van der Waals surface area contributed by atoms with Crippen LogP contribution in [-0.2, 0) is 0 Å². The zero-order valence-corrected chi connectivity index (χ0v) is 10.9. The summed E-state index contributed by atoms with van der Waals surface area (Å²) in [6.07, 6.45) is 1.89. The fraction of sp³-hybridized carbons (Fsp3) is 0.333. The van der Waals surface area contributed by atoms with Crippen LogP contribution in [0.3, 0.4) is 0 Å². The van der Waals surface area contributed by atoms with Crippen molar-refractivity contribution in [2.24, 2.45) is 10.9 Å². The predicted molar refractivity (Wildman–Crippen MR) is 72.8 cm³/mol. The first-order valence-corrected chi connectivity index (χ1v) is 5.76. The van der Waals surface area contributed by atoms with E-state index in [1.54, 1.807) is 0 Å². The number of nitriles is 1. The molecule has 1 rings (SSSR count). The lowest BCUT2D eigenvalue weighted by Crippen LogP contribution is -2.00. The van der Waals surface area contributed by atoms with Crippen molar-refractivity contribution in [3.8, 4) is 6.07 Å². The Bertz CT molecular complexity index is 471. The Labute approximate surface area is 103 Å². The minimum Gasteiger partial charge on any atom is -0.265 e. The molecule has 0 heterocycles. The van der Waals surface area contributed by atoms with Gasteiger partial charge in [-0.1, -0.05) is 26.0 Å². The molecule has 0 amide bonds. The van der Waals surface area contributed by atoms with Crippen molar-refractivity contribution in [1.29, 1.82) is 5.26 Å². The third-order valence-electron chi connectivity index (χ3n) is 2.77. The van der Waals surface area contributed by atoms with E-state index in [4.69, 9.17) is 5.26 Å². The van der Waals surface area contributed by atoms with Gasteiger partial charge in [0.2, 0.25) is 0 Å². The van der Waals surface area contributed by atoms with E-state index in [1.807, 2.05) is 44.3 Å². The van der Waals surface area contributed by atoms with E-state index in [0.717, 1.165) is 16.8 Å². The van der Waals surface area contributed by atoms with Gasteiger partial charge >= 0.3 is 0 Å². The van der Waals surface area contributed by atoms with Crippen molar-refractivity contribution in [2.45, 2.75) is 27.7 Å². The van der Waals surface area contributed by atoms with E-state index in [0.29, 0.717) is 11.5 Å². The van der Waals surface area contributed by atoms with E-state index >= 15 is 0 Å². The maximum absolute atomic E-state index is 8.72. The summed E-state index contributed by atoms with van der Waals surface area (Å²) in [5.74, 6) is 0.472. The van der Waals surface area contributed by atoms with Gasteiger partial charge in [0, 0.05) is 11.9 Å². The van der Waals surface area contributed by atoms with Crippen molar-refractivity contribution in [3.63, 3.8) is 0 Å². The number of benzene rings is 1. The Morgan fingerprint density at radius 3 is 2.29 bits per heavy atom. The van der Waals surface area contributed by atoms with E-state index in [-0.39, 0.29) is 0 Å². The molecule has 0 bridgehead atoms. The van der Waals surface area contributed by atoms with Crippen molar-refractivity contribution in [1.82, 2.24) is 0 Å². The second-order valence-corrected chi connectivity index (χ2v) is 4.43. The van der Waals surface area contributed by atoms with Crippen LogP contribution in [0.5, 0.6) is 0 Å². The molecular weight excluding hydrogens is 208 g/mol. The van der Waals surface area contributed by atoms with Crippen LogP contribution in [0.15, 0.2) is 35.5 Å². The zero-order valence-electron chi connectivity index (χ0n) is 10.9. The summed E-state index contributed by atoms with van der Waals surface area (Å²) in [4.78, 5) is 4.43. The van der Waals surface area contributed by atoms with Gasteiger partial charge < -0.3 is 0 Å². The summed E-state index contributed by atoms with van der Waals surface area (Å²) < 4.78 is 0. The summed E-state index contributed by atoms with van der Waals surface area (Å²) >= 11 is 0. The van der Waals surface area contributed by atoms with Gasteiger partial charge in [-0.05, 0) is 43.0 Å². The van der Waals surface area contributed by atoms with Gasteiger partial charge in [-0.3, -0.25) is 4.99 Å². The predicted octanol–water partition coefficient (Wildman–Crippen LogP) is 4.04. The zero-order chi connectivity index (χ0) is 12.8. The fourth-order valence-corrected chi connectivity index (χ4v) is 1.23. The molecule has 0 aromatic heterocycles. The van der Waals surface area contributed by atoms with E-state index in [2.05, 4.69) is 24.9 Å². The van der Waals surface area contributed by atoms with E-state index in [1.165, 1.54) is 0 Å². The van der Waals surface area contributed by atoms with Crippen LogP contribution in [0.2, 0.25) is 0 Å². The number of hydrogen-bond acceptors (Lipinski definition) is 2. The average Bonchev–Trinajstić information content (AvgIpc) is 2.35. The van der Waals surface area contributed by atoms with E-state index < -0.39 is 0 Å². The Morgan fingerprint density at radius 1 is 1.24 bits per heavy atom. The van der Waals surface area contributed by atoms with Crippen LogP contribution in [0.4, 0.5) is 0 Å². The lowest BCUT2D eigenvalue weighted by atomic mass is 10.1. The standard InChI is InChI=1S/C15H18N2/c1-11(2)13(4)17-10-12(3)15-7-5-14(9-16)6-8-15/h5-8,10-11H,1-4H3/b12-10+,17-13?. The first-order valence-electron chi connectivity index (χ1n) is 5.76. The first kappa shape index (κ1) is 13.2. The molecule has 1 aromatic rings. The molecule has 0 fully saturated rings. The van der Waals surface area contributed by atoms with E-state index in [9.17, 15) is 0 Å². The summed E-state index contributed by atoms with van der Waals surface area (Å²) in [5, 5.41) is 8.72. The summed E-state index contributed by atoms with van der Waals surface area (Å²) in [6.45, 7) is 8.32. The van der Waals surface area contributed by atoms with Crippen molar-refractivity contribution in [3.05, 3.63) is 41.6 Å². The normalized spacial score (nSPS) is 12.7. The minimum absolute atomic E-state index is 0.472. The molecule has 0 aliphatic carbocycles. The summed E-state index contributed by atoms with van der Waals surface area (Å²) in [6, 6.07) is 9.66. The molecule has 2 heteroatoms. The van der Waals surface area contributed by atoms with Crippen molar-refractivity contribution < 1.29 is 0 Å². The second-order valence-electron chi connectivity index (χ2n) is 4.43. The highest BCUT2D eigenvalue weighted by molar-refractivity contribution is 5.85. The second kappa shape index (κ2) is 6.00. The molecule has 0 unspecified atom stereocenters. The molecule has 17 heavy (non-hydrogen) atoms. The molecule has 88 valence electrons. The molecule has 0 saturated carbocycles. The highest BCUT2D eigenvalue weighted by Crippen LogP contribution is 2.14. The summed E-state index contributed by atoms with van der Waals surface area (Å²) in [5.41, 5.74) is 4.01. The molecule has 0 N–H and O–H groups in total. The molecule has 0 aliphatic heterocycles.